The number of nitrogens with zero attached hydrogens (tertiary/aromatic N) is 2. The van der Waals surface area contributed by atoms with Gasteiger partial charge in [-0.3, -0.25) is 19.7 Å². The number of esters is 1. The summed E-state index contributed by atoms with van der Waals surface area (Å²) in [7, 11) is 1.29. The van der Waals surface area contributed by atoms with Crippen molar-refractivity contribution < 1.29 is 19.2 Å². The van der Waals surface area contributed by atoms with Gasteiger partial charge in [-0.15, -0.1) is 0 Å². The summed E-state index contributed by atoms with van der Waals surface area (Å²) in [5, 5.41) is 11.2. The Morgan fingerprint density at radius 3 is 2.81 bits per heavy atom. The molecule has 21 heavy (non-hydrogen) atoms. The predicted molar refractivity (Wildman–Crippen MR) is 74.1 cm³/mol. The topological polar surface area (TPSA) is 89.8 Å². The van der Waals surface area contributed by atoms with Crippen molar-refractivity contribution in [2.24, 2.45) is 5.92 Å². The Kier molecular flexibility index (Phi) is 4.42. The van der Waals surface area contributed by atoms with Gasteiger partial charge < -0.3 is 9.64 Å². The fourth-order valence-corrected chi connectivity index (χ4v) is 2.49. The van der Waals surface area contributed by atoms with Gasteiger partial charge in [-0.25, -0.2) is 0 Å². The van der Waals surface area contributed by atoms with Crippen LogP contribution in [0.25, 0.3) is 0 Å². The van der Waals surface area contributed by atoms with Gasteiger partial charge in [0.15, 0.2) is 0 Å². The number of carbonyl (C=O) groups excluding carboxylic acids is 2. The van der Waals surface area contributed by atoms with E-state index in [4.69, 9.17) is 11.6 Å². The average Bonchev–Trinajstić information content (AvgIpc) is 2.95. The Morgan fingerprint density at radius 2 is 2.19 bits per heavy atom. The third-order valence-corrected chi connectivity index (χ3v) is 3.63. The van der Waals surface area contributed by atoms with E-state index < -0.39 is 16.7 Å². The molecule has 7 nitrogen and oxygen atoms in total. The number of rotatable bonds is 3. The molecular weight excluding hydrogens is 300 g/mol. The quantitative estimate of drug-likeness (QED) is 0.483. The van der Waals surface area contributed by atoms with Gasteiger partial charge in [0, 0.05) is 24.2 Å². The van der Waals surface area contributed by atoms with E-state index in [0.717, 1.165) is 0 Å². The summed E-state index contributed by atoms with van der Waals surface area (Å²) in [5.41, 5.74) is -0.371. The van der Waals surface area contributed by atoms with Crippen molar-refractivity contribution in [3.63, 3.8) is 0 Å². The van der Waals surface area contributed by atoms with E-state index in [2.05, 4.69) is 4.74 Å². The van der Waals surface area contributed by atoms with Crippen molar-refractivity contribution in [1.82, 2.24) is 4.90 Å². The number of likely N-dealkylation sites (tertiary alicyclic amines) is 1. The highest BCUT2D eigenvalue weighted by atomic mass is 35.5. The molecule has 1 aliphatic heterocycles. The zero-order chi connectivity index (χ0) is 15.6. The lowest BCUT2D eigenvalue weighted by atomic mass is 10.1. The highest BCUT2D eigenvalue weighted by molar-refractivity contribution is 6.31. The zero-order valence-electron chi connectivity index (χ0n) is 11.2. The van der Waals surface area contributed by atoms with Crippen molar-refractivity contribution in [2.75, 3.05) is 20.2 Å². The second-order valence-corrected chi connectivity index (χ2v) is 5.11. The molecule has 1 aliphatic rings. The summed E-state index contributed by atoms with van der Waals surface area (Å²) in [6.45, 7) is 0.539. The minimum atomic E-state index is -0.628. The molecule has 0 bridgehead atoms. The minimum absolute atomic E-state index is 0.0713. The number of hydrogen-bond donors (Lipinski definition) is 0. The van der Waals surface area contributed by atoms with Gasteiger partial charge in [-0.05, 0) is 18.6 Å². The maximum Gasteiger partial charge on any atom is 0.310 e. The third-order valence-electron chi connectivity index (χ3n) is 3.40. The van der Waals surface area contributed by atoms with Gasteiger partial charge in [-0.2, -0.15) is 0 Å². The summed E-state index contributed by atoms with van der Waals surface area (Å²) >= 11 is 5.81. The fourth-order valence-electron chi connectivity index (χ4n) is 2.31. The first-order valence-corrected chi connectivity index (χ1v) is 6.63. The second kappa shape index (κ2) is 6.09. The van der Waals surface area contributed by atoms with E-state index in [1.54, 1.807) is 0 Å². The summed E-state index contributed by atoms with van der Waals surface area (Å²) in [4.78, 5) is 35.6. The molecule has 1 aromatic rings. The lowest BCUT2D eigenvalue weighted by Gasteiger charge is -2.16. The molecule has 8 heteroatoms. The number of hydrogen-bond acceptors (Lipinski definition) is 5. The molecule has 1 heterocycles. The van der Waals surface area contributed by atoms with E-state index in [0.29, 0.717) is 13.0 Å². The van der Waals surface area contributed by atoms with Crippen LogP contribution in [0.1, 0.15) is 16.8 Å². The highest BCUT2D eigenvalue weighted by Crippen LogP contribution is 2.27. The molecule has 0 saturated carbocycles. The molecule has 0 spiro atoms. The molecule has 1 fully saturated rings. The maximum atomic E-state index is 12.4. The summed E-state index contributed by atoms with van der Waals surface area (Å²) in [6, 6.07) is 3.83. The summed E-state index contributed by atoms with van der Waals surface area (Å²) in [5.74, 6) is -1.28. The van der Waals surface area contributed by atoms with E-state index >= 15 is 0 Å². The number of nitro benzene ring substituents is 1. The van der Waals surface area contributed by atoms with Crippen molar-refractivity contribution in [3.8, 4) is 0 Å². The monoisotopic (exact) mass is 312 g/mol. The normalized spacial score (nSPS) is 17.6. The maximum absolute atomic E-state index is 12.4. The first kappa shape index (κ1) is 15.2. The molecule has 1 atom stereocenters. The van der Waals surface area contributed by atoms with Gasteiger partial charge in [-0.1, -0.05) is 11.6 Å². The summed E-state index contributed by atoms with van der Waals surface area (Å²) in [6.07, 6.45) is 0.479. The molecule has 1 unspecified atom stereocenters. The molecule has 1 amide bonds. The lowest BCUT2D eigenvalue weighted by Crippen LogP contribution is -2.30. The van der Waals surface area contributed by atoms with Crippen LogP contribution in [0.5, 0.6) is 0 Å². The standard InChI is InChI=1S/C13H13ClN2O5/c1-21-13(18)8-4-5-15(7-8)12(17)10-6-9(14)2-3-11(10)16(19)20/h2-3,6,8H,4-5,7H2,1H3. The minimum Gasteiger partial charge on any atom is -0.469 e. The molecule has 0 aromatic heterocycles. The van der Waals surface area contributed by atoms with Gasteiger partial charge in [0.05, 0.1) is 18.0 Å². The van der Waals surface area contributed by atoms with Crippen LogP contribution in [0.3, 0.4) is 0 Å². The summed E-state index contributed by atoms with van der Waals surface area (Å²) < 4.78 is 4.64. The SMILES string of the molecule is COC(=O)C1CCN(C(=O)c2cc(Cl)ccc2[N+](=O)[O-])C1. The van der Waals surface area contributed by atoms with E-state index in [-0.39, 0.29) is 28.8 Å². The van der Waals surface area contributed by atoms with Crippen LogP contribution in [-0.2, 0) is 9.53 Å². The van der Waals surface area contributed by atoms with Crippen molar-refractivity contribution in [1.29, 1.82) is 0 Å². The number of methoxy groups -OCH3 is 1. The van der Waals surface area contributed by atoms with E-state index in [1.165, 1.54) is 30.2 Å². The number of benzene rings is 1. The van der Waals surface area contributed by atoms with Gasteiger partial charge in [0.2, 0.25) is 0 Å². The predicted octanol–water partition coefficient (Wildman–Crippen LogP) is 1.88. The van der Waals surface area contributed by atoms with Crippen molar-refractivity contribution in [3.05, 3.63) is 38.9 Å². The van der Waals surface area contributed by atoms with Crippen LogP contribution in [-0.4, -0.2) is 41.9 Å². The zero-order valence-corrected chi connectivity index (χ0v) is 12.0. The Bertz CT molecular complexity index is 604. The van der Waals surface area contributed by atoms with Crippen molar-refractivity contribution >= 4 is 29.2 Å². The largest absolute Gasteiger partial charge is 0.469 e. The lowest BCUT2D eigenvalue weighted by molar-refractivity contribution is -0.385. The van der Waals surface area contributed by atoms with Crippen LogP contribution < -0.4 is 0 Å². The Balaban J connectivity index is 2.23. The Labute approximate surface area is 125 Å². The van der Waals surface area contributed by atoms with Crippen LogP contribution in [0.4, 0.5) is 5.69 Å². The number of amides is 1. The third kappa shape index (κ3) is 3.13. The molecular formula is C13H13ClN2O5. The molecule has 0 radical (unpaired) electrons. The first-order valence-electron chi connectivity index (χ1n) is 6.25. The Hall–Kier alpha value is -2.15. The Morgan fingerprint density at radius 1 is 1.48 bits per heavy atom. The molecule has 1 aromatic carbocycles. The van der Waals surface area contributed by atoms with Gasteiger partial charge in [0.1, 0.15) is 5.56 Å². The van der Waals surface area contributed by atoms with Gasteiger partial charge in [0.25, 0.3) is 11.6 Å². The number of ether oxygens (including phenoxy) is 1. The molecule has 2 rings (SSSR count). The fraction of sp³-hybridized carbons (Fsp3) is 0.385. The average molecular weight is 313 g/mol. The van der Waals surface area contributed by atoms with Crippen LogP contribution in [0.15, 0.2) is 18.2 Å². The van der Waals surface area contributed by atoms with Crippen LogP contribution in [0, 0.1) is 16.0 Å². The van der Waals surface area contributed by atoms with E-state index in [1.807, 2.05) is 0 Å². The number of carbonyl (C=O) groups is 2. The smallest absolute Gasteiger partial charge is 0.310 e. The second-order valence-electron chi connectivity index (χ2n) is 4.68. The molecule has 0 N–H and O–H groups in total. The van der Waals surface area contributed by atoms with Gasteiger partial charge >= 0.3 is 5.97 Å². The first-order chi connectivity index (χ1) is 9.93. The van der Waals surface area contributed by atoms with Crippen molar-refractivity contribution in [2.45, 2.75) is 6.42 Å². The molecule has 112 valence electrons. The van der Waals surface area contributed by atoms with Crippen LogP contribution >= 0.6 is 11.6 Å². The molecule has 1 saturated heterocycles. The van der Waals surface area contributed by atoms with E-state index in [9.17, 15) is 19.7 Å². The molecule has 0 aliphatic carbocycles. The van der Waals surface area contributed by atoms with Crippen LogP contribution in [0.2, 0.25) is 5.02 Å². The number of halogens is 1. The number of nitro groups is 1. The highest BCUT2D eigenvalue weighted by Gasteiger charge is 2.34.